The molecule has 7 nitrogen and oxygen atoms in total. The first-order valence-corrected chi connectivity index (χ1v) is 10.6. The zero-order chi connectivity index (χ0) is 19.9. The molecule has 3 rings (SSSR count). The minimum atomic E-state index is -0.538. The Morgan fingerprint density at radius 3 is 2.64 bits per heavy atom. The Bertz CT molecular complexity index is 904. The molecule has 1 saturated carbocycles. The predicted octanol–water partition coefficient (Wildman–Crippen LogP) is 2.50. The number of aromatic nitrogens is 2. The lowest BCUT2D eigenvalue weighted by Gasteiger charge is -2.16. The highest BCUT2D eigenvalue weighted by atomic mass is 32.2. The maximum absolute atomic E-state index is 12.8. The van der Waals surface area contributed by atoms with Crippen LogP contribution >= 0.6 is 11.8 Å². The number of benzene rings is 1. The molecule has 1 fully saturated rings. The van der Waals surface area contributed by atoms with Crippen LogP contribution < -0.4 is 10.9 Å². The maximum Gasteiger partial charge on any atom is 0.325 e. The lowest BCUT2D eigenvalue weighted by Crippen LogP contribution is -2.36. The quantitative estimate of drug-likeness (QED) is 0.345. The minimum Gasteiger partial charge on any atom is -0.468 e. The number of carbonyl (C=O) groups is 2. The summed E-state index contributed by atoms with van der Waals surface area (Å²) < 4.78 is 5.97. The first-order valence-electron chi connectivity index (χ1n) is 9.57. The molecule has 150 valence electrons. The van der Waals surface area contributed by atoms with E-state index in [1.807, 2.05) is 0 Å². The van der Waals surface area contributed by atoms with Crippen molar-refractivity contribution in [1.82, 2.24) is 14.9 Å². The summed E-state index contributed by atoms with van der Waals surface area (Å²) in [6.07, 6.45) is 6.76. The van der Waals surface area contributed by atoms with Crippen LogP contribution in [0.3, 0.4) is 0 Å². The summed E-state index contributed by atoms with van der Waals surface area (Å²) in [6.45, 7) is -0.236. The zero-order valence-corrected chi connectivity index (χ0v) is 16.8. The largest absolute Gasteiger partial charge is 0.468 e. The van der Waals surface area contributed by atoms with Crippen molar-refractivity contribution in [3.05, 3.63) is 34.6 Å². The number of fused-ring (bicyclic) bond motifs is 1. The summed E-state index contributed by atoms with van der Waals surface area (Å²) in [5.41, 5.74) is 0.225. The van der Waals surface area contributed by atoms with Crippen LogP contribution in [0.1, 0.15) is 38.5 Å². The van der Waals surface area contributed by atoms with Gasteiger partial charge in [0.2, 0.25) is 5.91 Å². The van der Waals surface area contributed by atoms with Crippen LogP contribution in [0.4, 0.5) is 0 Å². The van der Waals surface area contributed by atoms with Crippen LogP contribution in [0.2, 0.25) is 0 Å². The summed E-state index contributed by atoms with van der Waals surface area (Å²) in [4.78, 5) is 41.5. The number of thioether (sulfide) groups is 1. The van der Waals surface area contributed by atoms with Gasteiger partial charge >= 0.3 is 5.97 Å². The molecule has 1 aromatic heterocycles. The van der Waals surface area contributed by atoms with Crippen LogP contribution in [-0.4, -0.2) is 40.3 Å². The fourth-order valence-electron chi connectivity index (χ4n) is 3.41. The number of hydrogen-bond donors (Lipinski definition) is 1. The monoisotopic (exact) mass is 403 g/mol. The zero-order valence-electron chi connectivity index (χ0n) is 16.0. The first-order chi connectivity index (χ1) is 13.6. The Morgan fingerprint density at radius 2 is 1.93 bits per heavy atom. The molecule has 8 heteroatoms. The third-order valence-corrected chi connectivity index (χ3v) is 5.87. The number of hydrogen-bond acceptors (Lipinski definition) is 6. The average molecular weight is 404 g/mol. The molecular formula is C20H25N3O4S. The van der Waals surface area contributed by atoms with Crippen molar-refractivity contribution in [2.75, 3.05) is 12.9 Å². The number of rotatable bonds is 6. The van der Waals surface area contributed by atoms with Gasteiger partial charge in [-0.15, -0.1) is 0 Å². The van der Waals surface area contributed by atoms with Crippen LogP contribution in [0.5, 0.6) is 0 Å². The summed E-state index contributed by atoms with van der Waals surface area (Å²) in [5, 5.41) is 3.85. The van der Waals surface area contributed by atoms with Crippen molar-refractivity contribution in [2.45, 2.75) is 56.3 Å². The van der Waals surface area contributed by atoms with Gasteiger partial charge < -0.3 is 10.1 Å². The van der Waals surface area contributed by atoms with E-state index in [-0.39, 0.29) is 29.8 Å². The molecule has 0 atom stereocenters. The fraction of sp³-hybridized carbons (Fsp3) is 0.500. The van der Waals surface area contributed by atoms with Crippen LogP contribution in [0, 0.1) is 0 Å². The van der Waals surface area contributed by atoms with Gasteiger partial charge in [0, 0.05) is 6.04 Å². The van der Waals surface area contributed by atoms with Gasteiger partial charge in [-0.1, -0.05) is 49.6 Å². The molecule has 0 aliphatic heterocycles. The number of amides is 1. The molecular weight excluding hydrogens is 378 g/mol. The number of esters is 1. The van der Waals surface area contributed by atoms with Gasteiger partial charge in [0.05, 0.1) is 23.8 Å². The van der Waals surface area contributed by atoms with Crippen molar-refractivity contribution in [3.63, 3.8) is 0 Å². The topological polar surface area (TPSA) is 90.3 Å². The number of methoxy groups -OCH3 is 1. The standard InChI is InChI=1S/C20H25N3O4S/c1-27-18(25)12-23-19(26)15-10-6-7-11-16(15)22-20(23)28-13-17(24)21-14-8-4-2-3-5-9-14/h6-7,10-11,14H,2-5,8-9,12-13H2,1H3,(H,21,24). The molecule has 1 N–H and O–H groups in total. The third kappa shape index (κ3) is 5.13. The van der Waals surface area contributed by atoms with E-state index in [9.17, 15) is 14.4 Å². The number of nitrogens with one attached hydrogen (secondary N) is 1. The fourth-order valence-corrected chi connectivity index (χ4v) is 4.22. The molecule has 1 aliphatic carbocycles. The summed E-state index contributed by atoms with van der Waals surface area (Å²) in [7, 11) is 1.27. The highest BCUT2D eigenvalue weighted by Gasteiger charge is 2.18. The number of para-hydroxylation sites is 1. The van der Waals surface area contributed by atoms with E-state index in [0.29, 0.717) is 16.1 Å². The number of ether oxygens (including phenoxy) is 1. The molecule has 2 aromatic rings. The summed E-state index contributed by atoms with van der Waals surface area (Å²) >= 11 is 1.16. The van der Waals surface area contributed by atoms with Gasteiger partial charge in [-0.3, -0.25) is 19.0 Å². The van der Waals surface area contributed by atoms with Gasteiger partial charge in [0.1, 0.15) is 6.54 Å². The van der Waals surface area contributed by atoms with E-state index < -0.39 is 5.97 Å². The van der Waals surface area contributed by atoms with Crippen LogP contribution in [-0.2, 0) is 20.9 Å². The Morgan fingerprint density at radius 1 is 1.21 bits per heavy atom. The molecule has 0 unspecified atom stereocenters. The van der Waals surface area contributed by atoms with Gasteiger partial charge in [0.25, 0.3) is 5.56 Å². The summed E-state index contributed by atoms with van der Waals surface area (Å²) in [6, 6.07) is 7.19. The second-order valence-electron chi connectivity index (χ2n) is 6.92. The van der Waals surface area contributed by atoms with E-state index in [0.717, 1.165) is 37.4 Å². The van der Waals surface area contributed by atoms with E-state index in [2.05, 4.69) is 10.3 Å². The van der Waals surface area contributed by atoms with Crippen molar-refractivity contribution in [3.8, 4) is 0 Å². The van der Waals surface area contributed by atoms with Gasteiger partial charge in [-0.2, -0.15) is 0 Å². The summed E-state index contributed by atoms with van der Waals surface area (Å²) in [5.74, 6) is -0.476. The third-order valence-electron chi connectivity index (χ3n) is 4.89. The molecule has 0 spiro atoms. The maximum atomic E-state index is 12.8. The molecule has 28 heavy (non-hydrogen) atoms. The smallest absolute Gasteiger partial charge is 0.325 e. The van der Waals surface area contributed by atoms with Gasteiger partial charge in [0.15, 0.2) is 5.16 Å². The number of nitrogens with zero attached hydrogens (tertiary/aromatic N) is 2. The van der Waals surface area contributed by atoms with Gasteiger partial charge in [-0.25, -0.2) is 4.98 Å². The van der Waals surface area contributed by atoms with Crippen molar-refractivity contribution >= 4 is 34.5 Å². The minimum absolute atomic E-state index is 0.0797. The van der Waals surface area contributed by atoms with Crippen LogP contribution in [0.15, 0.2) is 34.2 Å². The lowest BCUT2D eigenvalue weighted by atomic mass is 10.1. The molecule has 1 aliphatic rings. The van der Waals surface area contributed by atoms with E-state index in [1.54, 1.807) is 24.3 Å². The average Bonchev–Trinajstić information content (AvgIpc) is 2.97. The van der Waals surface area contributed by atoms with Crippen molar-refractivity contribution in [1.29, 1.82) is 0 Å². The van der Waals surface area contributed by atoms with E-state index in [1.165, 1.54) is 24.5 Å². The Hall–Kier alpha value is -2.35. The second kappa shape index (κ2) is 9.73. The van der Waals surface area contributed by atoms with Crippen LogP contribution in [0.25, 0.3) is 10.9 Å². The Balaban J connectivity index is 1.76. The molecule has 1 amide bonds. The second-order valence-corrected chi connectivity index (χ2v) is 7.87. The lowest BCUT2D eigenvalue weighted by molar-refractivity contribution is -0.141. The van der Waals surface area contributed by atoms with E-state index >= 15 is 0 Å². The first kappa shape index (κ1) is 20.4. The normalized spacial score (nSPS) is 15.2. The Labute approximate surface area is 167 Å². The molecule has 1 heterocycles. The molecule has 0 bridgehead atoms. The highest BCUT2D eigenvalue weighted by molar-refractivity contribution is 7.99. The molecule has 0 radical (unpaired) electrons. The van der Waals surface area contributed by atoms with Crippen molar-refractivity contribution < 1.29 is 14.3 Å². The Kier molecular flexibility index (Phi) is 7.08. The van der Waals surface area contributed by atoms with Crippen molar-refractivity contribution in [2.24, 2.45) is 0 Å². The number of carbonyl (C=O) groups excluding carboxylic acids is 2. The highest BCUT2D eigenvalue weighted by Crippen LogP contribution is 2.20. The van der Waals surface area contributed by atoms with E-state index in [4.69, 9.17) is 4.74 Å². The van der Waals surface area contributed by atoms with Gasteiger partial charge in [-0.05, 0) is 25.0 Å². The predicted molar refractivity (Wildman–Crippen MR) is 108 cm³/mol. The SMILES string of the molecule is COC(=O)Cn1c(SCC(=O)NC2CCCCCC2)nc2ccccc2c1=O. The molecule has 1 aromatic carbocycles. The molecule has 0 saturated heterocycles.